The van der Waals surface area contributed by atoms with Crippen molar-refractivity contribution in [1.82, 2.24) is 4.90 Å². The molecule has 5 heteroatoms. The zero-order valence-corrected chi connectivity index (χ0v) is 11.8. The fourth-order valence-electron chi connectivity index (χ4n) is 2.52. The van der Waals surface area contributed by atoms with E-state index in [4.69, 9.17) is 4.74 Å². The Kier molecular flexibility index (Phi) is 4.06. The van der Waals surface area contributed by atoms with Gasteiger partial charge in [0.15, 0.2) is 0 Å². The summed E-state index contributed by atoms with van der Waals surface area (Å²) in [6.45, 7) is 3.54. The number of hydrogen-bond donors (Lipinski definition) is 0. The second-order valence-electron chi connectivity index (χ2n) is 5.30. The van der Waals surface area contributed by atoms with Gasteiger partial charge in [-0.15, -0.1) is 0 Å². The minimum Gasteiger partial charge on any atom is -0.463 e. The van der Waals surface area contributed by atoms with Crippen LogP contribution in [-0.2, 0) is 14.3 Å². The summed E-state index contributed by atoms with van der Waals surface area (Å²) in [5, 5.41) is 0. The molecule has 0 unspecified atom stereocenters. The maximum absolute atomic E-state index is 13.0. The summed E-state index contributed by atoms with van der Waals surface area (Å²) in [7, 11) is 1.65. The standard InChI is InChI=1S/C15H18FNO3/c1-9(2)20-15(19)12-8-13(18)17(3)14(12)10-4-6-11(16)7-5-10/h4-7,9,12,14H,8H2,1-3H3/t12-,14+/m0/s1. The Morgan fingerprint density at radius 1 is 1.35 bits per heavy atom. The first kappa shape index (κ1) is 14.5. The highest BCUT2D eigenvalue weighted by atomic mass is 19.1. The van der Waals surface area contributed by atoms with Crippen molar-refractivity contribution >= 4 is 11.9 Å². The summed E-state index contributed by atoms with van der Waals surface area (Å²) in [5.74, 6) is -1.38. The van der Waals surface area contributed by atoms with E-state index in [-0.39, 0.29) is 30.2 Å². The lowest BCUT2D eigenvalue weighted by Crippen LogP contribution is -2.29. The van der Waals surface area contributed by atoms with E-state index >= 15 is 0 Å². The Balaban J connectivity index is 2.28. The van der Waals surface area contributed by atoms with Gasteiger partial charge in [0, 0.05) is 13.5 Å². The topological polar surface area (TPSA) is 46.6 Å². The van der Waals surface area contributed by atoms with Crippen molar-refractivity contribution in [2.75, 3.05) is 7.05 Å². The van der Waals surface area contributed by atoms with E-state index in [9.17, 15) is 14.0 Å². The molecular weight excluding hydrogens is 261 g/mol. The summed E-state index contributed by atoms with van der Waals surface area (Å²) in [5.41, 5.74) is 0.741. The van der Waals surface area contributed by atoms with Gasteiger partial charge in [-0.2, -0.15) is 0 Å². The zero-order valence-electron chi connectivity index (χ0n) is 11.8. The lowest BCUT2D eigenvalue weighted by atomic mass is 9.94. The van der Waals surface area contributed by atoms with Gasteiger partial charge in [0.25, 0.3) is 0 Å². The van der Waals surface area contributed by atoms with Gasteiger partial charge >= 0.3 is 5.97 Å². The predicted octanol–water partition coefficient (Wildman–Crippen LogP) is 2.30. The van der Waals surface area contributed by atoms with Gasteiger partial charge in [0.2, 0.25) is 5.91 Å². The molecule has 0 spiro atoms. The van der Waals surface area contributed by atoms with Crippen LogP contribution in [-0.4, -0.2) is 29.9 Å². The van der Waals surface area contributed by atoms with Crippen LogP contribution in [0, 0.1) is 11.7 Å². The van der Waals surface area contributed by atoms with Gasteiger partial charge in [0.1, 0.15) is 5.82 Å². The summed E-state index contributed by atoms with van der Waals surface area (Å²) >= 11 is 0. The van der Waals surface area contributed by atoms with Crippen LogP contribution in [0.2, 0.25) is 0 Å². The van der Waals surface area contributed by atoms with E-state index in [0.717, 1.165) is 5.56 Å². The number of rotatable bonds is 3. The molecular formula is C15H18FNO3. The van der Waals surface area contributed by atoms with Crippen LogP contribution in [0.3, 0.4) is 0 Å². The maximum Gasteiger partial charge on any atom is 0.312 e. The molecule has 1 aromatic carbocycles. The Bertz CT molecular complexity index is 512. The quantitative estimate of drug-likeness (QED) is 0.798. The second kappa shape index (κ2) is 5.61. The van der Waals surface area contributed by atoms with Crippen molar-refractivity contribution in [3.8, 4) is 0 Å². The number of amides is 1. The summed E-state index contributed by atoms with van der Waals surface area (Å²) in [6, 6.07) is 5.47. The molecule has 0 aromatic heterocycles. The predicted molar refractivity (Wildman–Crippen MR) is 71.2 cm³/mol. The van der Waals surface area contributed by atoms with Crippen molar-refractivity contribution in [3.05, 3.63) is 35.6 Å². The Hall–Kier alpha value is -1.91. The van der Waals surface area contributed by atoms with E-state index in [1.807, 2.05) is 0 Å². The van der Waals surface area contributed by atoms with Crippen LogP contribution in [0.15, 0.2) is 24.3 Å². The average Bonchev–Trinajstić information content (AvgIpc) is 2.67. The molecule has 0 bridgehead atoms. The number of carbonyl (C=O) groups is 2. The molecule has 0 saturated carbocycles. The third-order valence-electron chi connectivity index (χ3n) is 3.45. The van der Waals surface area contributed by atoms with Crippen LogP contribution in [0.25, 0.3) is 0 Å². The number of nitrogens with zero attached hydrogens (tertiary/aromatic N) is 1. The van der Waals surface area contributed by atoms with Gasteiger partial charge in [-0.3, -0.25) is 9.59 Å². The molecule has 1 aliphatic rings. The second-order valence-corrected chi connectivity index (χ2v) is 5.30. The van der Waals surface area contributed by atoms with Crippen molar-refractivity contribution in [1.29, 1.82) is 0 Å². The molecule has 0 N–H and O–H groups in total. The normalized spacial score (nSPS) is 22.4. The van der Waals surface area contributed by atoms with Gasteiger partial charge in [0.05, 0.1) is 18.1 Å². The van der Waals surface area contributed by atoms with Gasteiger partial charge in [-0.05, 0) is 31.5 Å². The van der Waals surface area contributed by atoms with E-state index in [2.05, 4.69) is 0 Å². The fraction of sp³-hybridized carbons (Fsp3) is 0.467. The number of benzene rings is 1. The highest BCUT2D eigenvalue weighted by molar-refractivity contribution is 5.88. The Labute approximate surface area is 117 Å². The number of halogens is 1. The van der Waals surface area contributed by atoms with Crippen molar-refractivity contribution < 1.29 is 18.7 Å². The number of esters is 1. The van der Waals surface area contributed by atoms with Crippen LogP contribution in [0.5, 0.6) is 0 Å². The first-order valence-corrected chi connectivity index (χ1v) is 6.61. The van der Waals surface area contributed by atoms with Gasteiger partial charge < -0.3 is 9.64 Å². The maximum atomic E-state index is 13.0. The summed E-state index contributed by atoms with van der Waals surface area (Å²) in [6.07, 6.45) is -0.0956. The molecule has 1 heterocycles. The highest BCUT2D eigenvalue weighted by Crippen LogP contribution is 2.37. The molecule has 1 aromatic rings. The van der Waals surface area contributed by atoms with Crippen LogP contribution >= 0.6 is 0 Å². The first-order valence-electron chi connectivity index (χ1n) is 6.61. The molecule has 1 fully saturated rings. The fourth-order valence-corrected chi connectivity index (χ4v) is 2.52. The molecule has 4 nitrogen and oxygen atoms in total. The van der Waals surface area contributed by atoms with E-state index in [1.54, 1.807) is 33.0 Å². The monoisotopic (exact) mass is 279 g/mol. The molecule has 2 rings (SSSR count). The molecule has 1 amide bonds. The highest BCUT2D eigenvalue weighted by Gasteiger charge is 2.43. The zero-order chi connectivity index (χ0) is 14.9. The van der Waals surface area contributed by atoms with Crippen molar-refractivity contribution in [3.63, 3.8) is 0 Å². The molecule has 1 aliphatic heterocycles. The third-order valence-corrected chi connectivity index (χ3v) is 3.45. The number of carbonyl (C=O) groups excluding carboxylic acids is 2. The van der Waals surface area contributed by atoms with Crippen molar-refractivity contribution in [2.45, 2.75) is 32.4 Å². The van der Waals surface area contributed by atoms with E-state index < -0.39 is 12.0 Å². The van der Waals surface area contributed by atoms with Crippen LogP contribution in [0.4, 0.5) is 4.39 Å². The molecule has 20 heavy (non-hydrogen) atoms. The third kappa shape index (κ3) is 2.81. The van der Waals surface area contributed by atoms with E-state index in [1.165, 1.54) is 17.0 Å². The molecule has 0 radical (unpaired) electrons. The first-order chi connectivity index (χ1) is 9.40. The summed E-state index contributed by atoms with van der Waals surface area (Å²) < 4.78 is 18.2. The van der Waals surface area contributed by atoms with Gasteiger partial charge in [-0.1, -0.05) is 12.1 Å². The number of hydrogen-bond acceptors (Lipinski definition) is 3. The van der Waals surface area contributed by atoms with Crippen LogP contribution in [0.1, 0.15) is 31.9 Å². The minimum atomic E-state index is -0.541. The minimum absolute atomic E-state index is 0.106. The average molecular weight is 279 g/mol. The number of likely N-dealkylation sites (tertiary alicyclic amines) is 1. The van der Waals surface area contributed by atoms with Crippen LogP contribution < -0.4 is 0 Å². The number of ether oxygens (including phenoxy) is 1. The van der Waals surface area contributed by atoms with Crippen molar-refractivity contribution in [2.24, 2.45) is 5.92 Å². The molecule has 0 aliphatic carbocycles. The Morgan fingerprint density at radius 2 is 1.95 bits per heavy atom. The Morgan fingerprint density at radius 3 is 2.50 bits per heavy atom. The smallest absolute Gasteiger partial charge is 0.312 e. The van der Waals surface area contributed by atoms with E-state index in [0.29, 0.717) is 0 Å². The largest absolute Gasteiger partial charge is 0.463 e. The lowest BCUT2D eigenvalue weighted by Gasteiger charge is -2.25. The summed E-state index contributed by atoms with van der Waals surface area (Å²) in [4.78, 5) is 25.5. The molecule has 2 atom stereocenters. The SMILES string of the molecule is CC(C)OC(=O)[C@H]1CC(=O)N(C)[C@@H]1c1ccc(F)cc1. The van der Waals surface area contributed by atoms with Gasteiger partial charge in [-0.25, -0.2) is 4.39 Å². The lowest BCUT2D eigenvalue weighted by molar-refractivity contribution is -0.153. The molecule has 108 valence electrons. The molecule has 1 saturated heterocycles.